The van der Waals surface area contributed by atoms with E-state index in [0.29, 0.717) is 0 Å². The molecule has 1 saturated heterocycles. The van der Waals surface area contributed by atoms with Crippen LogP contribution in [0.15, 0.2) is 0 Å². The number of carboxylic acid groups (broad SMARTS) is 1. The minimum atomic E-state index is -1.15. The van der Waals surface area contributed by atoms with Crippen LogP contribution in [0.1, 0.15) is 19.8 Å². The van der Waals surface area contributed by atoms with E-state index in [-0.39, 0.29) is 17.7 Å². The molecule has 7 nitrogen and oxygen atoms in total. The Labute approximate surface area is 116 Å². The average Bonchev–Trinajstić information content (AvgIpc) is 2.88. The van der Waals surface area contributed by atoms with Crippen LogP contribution in [0.3, 0.4) is 0 Å². The Balaban J connectivity index is 2.43. The van der Waals surface area contributed by atoms with Gasteiger partial charge in [0.05, 0.1) is 6.04 Å². The van der Waals surface area contributed by atoms with Crippen LogP contribution in [0.2, 0.25) is 0 Å². The first-order valence-corrected chi connectivity index (χ1v) is 6.76. The van der Waals surface area contributed by atoms with Crippen LogP contribution in [0, 0.1) is 0 Å². The van der Waals surface area contributed by atoms with Crippen LogP contribution in [-0.4, -0.2) is 53.3 Å². The summed E-state index contributed by atoms with van der Waals surface area (Å²) in [6.07, 6.45) is 1.67. The fourth-order valence-corrected chi connectivity index (χ4v) is 2.02. The van der Waals surface area contributed by atoms with E-state index in [1.54, 1.807) is 0 Å². The molecule has 1 aliphatic rings. The third-order valence-corrected chi connectivity index (χ3v) is 3.29. The largest absolute Gasteiger partial charge is 0.480 e. The molecule has 0 bridgehead atoms. The molecule has 3 atom stereocenters. The van der Waals surface area contributed by atoms with E-state index in [9.17, 15) is 14.4 Å². The van der Waals surface area contributed by atoms with Crippen molar-refractivity contribution in [2.24, 2.45) is 0 Å². The van der Waals surface area contributed by atoms with Crippen molar-refractivity contribution in [1.82, 2.24) is 16.0 Å². The molecule has 4 N–H and O–H groups in total. The third kappa shape index (κ3) is 4.71. The van der Waals surface area contributed by atoms with Crippen molar-refractivity contribution in [2.75, 3.05) is 12.3 Å². The maximum atomic E-state index is 11.8. The molecular formula is C11H19N3O4S. The molecule has 0 radical (unpaired) electrons. The highest BCUT2D eigenvalue weighted by Crippen LogP contribution is 2.05. The van der Waals surface area contributed by atoms with Gasteiger partial charge in [0.25, 0.3) is 0 Å². The first-order chi connectivity index (χ1) is 8.95. The Kier molecular flexibility index (Phi) is 6.10. The third-order valence-electron chi connectivity index (χ3n) is 2.93. The van der Waals surface area contributed by atoms with Crippen LogP contribution in [0.5, 0.6) is 0 Å². The summed E-state index contributed by atoms with van der Waals surface area (Å²) in [6.45, 7) is 2.30. The molecule has 8 heteroatoms. The van der Waals surface area contributed by atoms with Gasteiger partial charge in [0.1, 0.15) is 12.1 Å². The summed E-state index contributed by atoms with van der Waals surface area (Å²) >= 11 is 3.85. The van der Waals surface area contributed by atoms with Crippen molar-refractivity contribution >= 4 is 30.4 Å². The smallest absolute Gasteiger partial charge is 0.327 e. The van der Waals surface area contributed by atoms with Crippen LogP contribution in [0.25, 0.3) is 0 Å². The highest BCUT2D eigenvalue weighted by atomic mass is 32.1. The monoisotopic (exact) mass is 289 g/mol. The molecule has 0 spiro atoms. The topological polar surface area (TPSA) is 108 Å². The molecule has 0 unspecified atom stereocenters. The van der Waals surface area contributed by atoms with Gasteiger partial charge in [-0.2, -0.15) is 12.6 Å². The van der Waals surface area contributed by atoms with Gasteiger partial charge in [-0.3, -0.25) is 9.59 Å². The lowest BCUT2D eigenvalue weighted by atomic mass is 10.2. The minimum Gasteiger partial charge on any atom is -0.480 e. The summed E-state index contributed by atoms with van der Waals surface area (Å²) in [5.74, 6) is -1.93. The number of carbonyl (C=O) groups excluding carboxylic acids is 2. The second-order valence-electron chi connectivity index (χ2n) is 4.46. The molecule has 108 valence electrons. The molecule has 1 aliphatic heterocycles. The van der Waals surface area contributed by atoms with Gasteiger partial charge < -0.3 is 21.1 Å². The highest BCUT2D eigenvalue weighted by molar-refractivity contribution is 7.80. The number of carboxylic acids is 1. The van der Waals surface area contributed by atoms with Crippen LogP contribution in [-0.2, 0) is 14.4 Å². The first kappa shape index (κ1) is 15.8. The number of hydrogen-bond donors (Lipinski definition) is 5. The highest BCUT2D eigenvalue weighted by Gasteiger charge is 2.26. The van der Waals surface area contributed by atoms with Gasteiger partial charge in [0.2, 0.25) is 11.8 Å². The fourth-order valence-electron chi connectivity index (χ4n) is 1.77. The zero-order valence-corrected chi connectivity index (χ0v) is 11.6. The fraction of sp³-hybridized carbons (Fsp3) is 0.727. The molecule has 1 fully saturated rings. The van der Waals surface area contributed by atoms with Crippen molar-refractivity contribution in [1.29, 1.82) is 0 Å². The number of aliphatic carboxylic acids is 1. The van der Waals surface area contributed by atoms with E-state index >= 15 is 0 Å². The zero-order chi connectivity index (χ0) is 14.4. The van der Waals surface area contributed by atoms with Crippen LogP contribution < -0.4 is 16.0 Å². The number of nitrogens with one attached hydrogen (secondary N) is 3. The van der Waals surface area contributed by atoms with Gasteiger partial charge in [-0.25, -0.2) is 4.79 Å². The van der Waals surface area contributed by atoms with Gasteiger partial charge in [-0.1, -0.05) is 0 Å². The predicted octanol–water partition coefficient (Wildman–Crippen LogP) is -1.26. The van der Waals surface area contributed by atoms with Gasteiger partial charge >= 0.3 is 5.97 Å². The van der Waals surface area contributed by atoms with Crippen LogP contribution in [0.4, 0.5) is 0 Å². The lowest BCUT2D eigenvalue weighted by molar-refractivity contribution is -0.141. The van der Waals surface area contributed by atoms with E-state index in [2.05, 4.69) is 28.6 Å². The van der Waals surface area contributed by atoms with Crippen molar-refractivity contribution in [2.45, 2.75) is 37.9 Å². The molecule has 0 saturated carbocycles. The number of carbonyl (C=O) groups is 3. The Bertz CT molecular complexity index is 358. The van der Waals surface area contributed by atoms with E-state index < -0.39 is 24.0 Å². The van der Waals surface area contributed by atoms with E-state index in [4.69, 9.17) is 5.11 Å². The molecule has 0 aliphatic carbocycles. The maximum Gasteiger partial charge on any atom is 0.327 e. The lowest BCUT2D eigenvalue weighted by Gasteiger charge is -2.19. The van der Waals surface area contributed by atoms with E-state index in [0.717, 1.165) is 19.4 Å². The summed E-state index contributed by atoms with van der Waals surface area (Å²) in [6, 6.07) is -2.10. The molecule has 1 heterocycles. The summed E-state index contributed by atoms with van der Waals surface area (Å²) in [4.78, 5) is 34.2. The van der Waals surface area contributed by atoms with Crippen molar-refractivity contribution < 1.29 is 19.5 Å². The molecule has 0 aromatic rings. The van der Waals surface area contributed by atoms with Gasteiger partial charge in [0.15, 0.2) is 0 Å². The number of rotatable bonds is 6. The average molecular weight is 289 g/mol. The Morgan fingerprint density at radius 1 is 1.42 bits per heavy atom. The maximum absolute atomic E-state index is 11.8. The summed E-state index contributed by atoms with van der Waals surface area (Å²) < 4.78 is 0. The quantitative estimate of drug-likeness (QED) is 0.392. The summed E-state index contributed by atoms with van der Waals surface area (Å²) in [5, 5.41) is 16.7. The standard InChI is InChI=1S/C11H19N3O4S/c1-6(9(15)14-8(5-19)11(17)18)13-10(16)7-3-2-4-12-7/h6-8,12,19H,2-5H2,1H3,(H,13,16)(H,14,15)(H,17,18)/t6-,7-,8-/m0/s1. The first-order valence-electron chi connectivity index (χ1n) is 6.13. The molecular weight excluding hydrogens is 270 g/mol. The SMILES string of the molecule is C[C@H](NC(=O)[C@@H]1CCCN1)C(=O)N[C@@H](CS)C(=O)O. The van der Waals surface area contributed by atoms with E-state index in [1.165, 1.54) is 6.92 Å². The molecule has 1 rings (SSSR count). The second-order valence-corrected chi connectivity index (χ2v) is 4.83. The Morgan fingerprint density at radius 3 is 2.58 bits per heavy atom. The van der Waals surface area contributed by atoms with Gasteiger partial charge in [-0.15, -0.1) is 0 Å². The van der Waals surface area contributed by atoms with Crippen molar-refractivity contribution in [3.63, 3.8) is 0 Å². The Morgan fingerprint density at radius 2 is 2.11 bits per heavy atom. The Hall–Kier alpha value is -1.28. The van der Waals surface area contributed by atoms with Crippen molar-refractivity contribution in [3.8, 4) is 0 Å². The van der Waals surface area contributed by atoms with Gasteiger partial charge in [0, 0.05) is 5.75 Å². The molecule has 2 amide bonds. The van der Waals surface area contributed by atoms with Crippen molar-refractivity contribution in [3.05, 3.63) is 0 Å². The lowest BCUT2D eigenvalue weighted by Crippen LogP contribution is -2.53. The summed E-state index contributed by atoms with van der Waals surface area (Å²) in [7, 11) is 0. The number of thiol groups is 1. The summed E-state index contributed by atoms with van der Waals surface area (Å²) in [5.41, 5.74) is 0. The van der Waals surface area contributed by atoms with E-state index in [1.807, 2.05) is 0 Å². The zero-order valence-electron chi connectivity index (χ0n) is 10.7. The molecule has 19 heavy (non-hydrogen) atoms. The molecule has 0 aromatic carbocycles. The number of hydrogen-bond acceptors (Lipinski definition) is 5. The minimum absolute atomic E-state index is 0.00802. The molecule has 0 aromatic heterocycles. The van der Waals surface area contributed by atoms with Gasteiger partial charge in [-0.05, 0) is 26.3 Å². The number of amides is 2. The van der Waals surface area contributed by atoms with Crippen LogP contribution >= 0.6 is 12.6 Å². The predicted molar refractivity (Wildman–Crippen MR) is 72.0 cm³/mol. The normalized spacial score (nSPS) is 21.5. The second kappa shape index (κ2) is 7.34.